The maximum absolute atomic E-state index is 12.8. The molecular weight excluding hydrogens is 458 g/mol. The van der Waals surface area contributed by atoms with Crippen molar-refractivity contribution in [3.63, 3.8) is 0 Å². The molecule has 174 valence electrons. The molecular formula is C24H27N3O4S2. The summed E-state index contributed by atoms with van der Waals surface area (Å²) in [5.41, 5.74) is 2.62. The molecule has 1 N–H and O–H groups in total. The van der Waals surface area contributed by atoms with Gasteiger partial charge in [0.05, 0.1) is 18.1 Å². The molecule has 0 radical (unpaired) electrons. The van der Waals surface area contributed by atoms with Crippen LogP contribution in [0.2, 0.25) is 0 Å². The Hall–Kier alpha value is -2.72. The summed E-state index contributed by atoms with van der Waals surface area (Å²) >= 11 is 1.49. The van der Waals surface area contributed by atoms with E-state index in [-0.39, 0.29) is 17.3 Å². The molecule has 0 aliphatic carbocycles. The zero-order valence-electron chi connectivity index (χ0n) is 18.4. The van der Waals surface area contributed by atoms with E-state index in [2.05, 4.69) is 21.8 Å². The highest BCUT2D eigenvalue weighted by molar-refractivity contribution is 7.89. The Balaban J connectivity index is 1.35. The summed E-state index contributed by atoms with van der Waals surface area (Å²) in [5, 5.41) is 1.90. The molecule has 33 heavy (non-hydrogen) atoms. The van der Waals surface area contributed by atoms with Crippen molar-refractivity contribution >= 4 is 33.0 Å². The molecule has 7 nitrogen and oxygen atoms in total. The predicted molar refractivity (Wildman–Crippen MR) is 130 cm³/mol. The Morgan fingerprint density at radius 1 is 1.06 bits per heavy atom. The summed E-state index contributed by atoms with van der Waals surface area (Å²) in [6.07, 6.45) is 0. The molecule has 1 amide bonds. The van der Waals surface area contributed by atoms with Gasteiger partial charge in [-0.1, -0.05) is 18.2 Å². The highest BCUT2D eigenvalue weighted by Crippen LogP contribution is 2.19. The average Bonchev–Trinajstić information content (AvgIpc) is 3.37. The van der Waals surface area contributed by atoms with Crippen LogP contribution in [0, 0.1) is 0 Å². The number of nitrogens with zero attached hydrogens (tertiary/aromatic N) is 2. The molecule has 4 rings (SSSR count). The van der Waals surface area contributed by atoms with E-state index in [0.29, 0.717) is 12.1 Å². The summed E-state index contributed by atoms with van der Waals surface area (Å²) in [6, 6.07) is 18.0. The molecule has 1 fully saturated rings. The molecule has 1 aliphatic heterocycles. The number of anilines is 1. The Morgan fingerprint density at radius 3 is 2.39 bits per heavy atom. The fraction of sp³-hybridized carbons (Fsp3) is 0.292. The van der Waals surface area contributed by atoms with Crippen LogP contribution in [-0.2, 0) is 27.8 Å². The second-order valence-electron chi connectivity index (χ2n) is 7.86. The smallest absolute Gasteiger partial charge is 0.253 e. The van der Waals surface area contributed by atoms with Gasteiger partial charge >= 0.3 is 0 Å². The maximum atomic E-state index is 12.8. The highest BCUT2D eigenvalue weighted by atomic mass is 32.2. The molecule has 0 spiro atoms. The van der Waals surface area contributed by atoms with Crippen molar-refractivity contribution in [3.05, 3.63) is 82.0 Å². The van der Waals surface area contributed by atoms with Crippen molar-refractivity contribution in [1.29, 1.82) is 0 Å². The third kappa shape index (κ3) is 6.00. The second kappa shape index (κ2) is 10.5. The summed E-state index contributed by atoms with van der Waals surface area (Å²) in [6.45, 7) is 3.95. The van der Waals surface area contributed by atoms with Crippen LogP contribution in [0.1, 0.15) is 20.8 Å². The molecule has 1 saturated heterocycles. The first-order valence-electron chi connectivity index (χ1n) is 10.7. The van der Waals surface area contributed by atoms with Gasteiger partial charge in [-0.05, 0) is 53.4 Å². The van der Waals surface area contributed by atoms with Crippen LogP contribution in [0.15, 0.2) is 70.9 Å². The molecule has 3 aromatic rings. The molecule has 0 atom stereocenters. The van der Waals surface area contributed by atoms with Gasteiger partial charge in [0.25, 0.3) is 5.91 Å². The fourth-order valence-electron chi connectivity index (χ4n) is 3.64. The zero-order chi connectivity index (χ0) is 23.3. The summed E-state index contributed by atoms with van der Waals surface area (Å²) in [7, 11) is -1.90. The first-order chi connectivity index (χ1) is 15.9. The van der Waals surface area contributed by atoms with Crippen molar-refractivity contribution in [2.45, 2.75) is 18.0 Å². The van der Waals surface area contributed by atoms with Gasteiger partial charge < -0.3 is 14.5 Å². The molecule has 0 saturated carbocycles. The van der Waals surface area contributed by atoms with Gasteiger partial charge in [-0.3, -0.25) is 4.79 Å². The first kappa shape index (κ1) is 23.4. The van der Waals surface area contributed by atoms with Crippen molar-refractivity contribution < 1.29 is 17.9 Å². The van der Waals surface area contributed by atoms with E-state index < -0.39 is 10.0 Å². The minimum atomic E-state index is -3.64. The number of hydrogen-bond acceptors (Lipinski definition) is 6. The monoisotopic (exact) mass is 485 g/mol. The van der Waals surface area contributed by atoms with Crippen LogP contribution in [-0.4, -0.2) is 52.6 Å². The largest absolute Gasteiger partial charge is 0.378 e. The van der Waals surface area contributed by atoms with Crippen molar-refractivity contribution in [2.75, 3.05) is 38.3 Å². The number of benzene rings is 2. The molecule has 1 aliphatic rings. The second-order valence-corrected chi connectivity index (χ2v) is 10.7. The van der Waals surface area contributed by atoms with Gasteiger partial charge in [0.2, 0.25) is 10.0 Å². The summed E-state index contributed by atoms with van der Waals surface area (Å²) in [4.78, 5) is 17.8. The van der Waals surface area contributed by atoms with E-state index in [4.69, 9.17) is 4.74 Å². The number of ether oxygens (including phenoxy) is 1. The Bertz CT molecular complexity index is 1160. The number of rotatable bonds is 8. The van der Waals surface area contributed by atoms with E-state index in [1.165, 1.54) is 23.5 Å². The number of amides is 1. The topological polar surface area (TPSA) is 79.0 Å². The van der Waals surface area contributed by atoms with E-state index in [9.17, 15) is 13.2 Å². The van der Waals surface area contributed by atoms with Crippen molar-refractivity contribution in [1.82, 2.24) is 9.62 Å². The lowest BCUT2D eigenvalue weighted by molar-refractivity contribution is 0.0785. The number of carbonyl (C=O) groups is 1. The number of hydrogen-bond donors (Lipinski definition) is 1. The molecule has 2 heterocycles. The Labute approximate surface area is 198 Å². The van der Waals surface area contributed by atoms with E-state index in [0.717, 1.165) is 42.4 Å². The number of nitrogens with one attached hydrogen (secondary N) is 1. The van der Waals surface area contributed by atoms with Crippen LogP contribution in [0.4, 0.5) is 5.69 Å². The lowest BCUT2D eigenvalue weighted by Gasteiger charge is -2.29. The van der Waals surface area contributed by atoms with Gasteiger partial charge in [-0.15, -0.1) is 11.3 Å². The molecule has 1 aromatic heterocycles. The van der Waals surface area contributed by atoms with Gasteiger partial charge in [0.1, 0.15) is 0 Å². The van der Waals surface area contributed by atoms with Crippen LogP contribution in [0.3, 0.4) is 0 Å². The van der Waals surface area contributed by atoms with Gasteiger partial charge in [-0.2, -0.15) is 0 Å². The third-order valence-corrected chi connectivity index (χ3v) is 7.80. The van der Waals surface area contributed by atoms with Crippen molar-refractivity contribution in [2.24, 2.45) is 0 Å². The summed E-state index contributed by atoms with van der Waals surface area (Å²) in [5.74, 6) is -0.164. The fourth-order valence-corrected chi connectivity index (χ4v) is 5.38. The normalized spacial score (nSPS) is 14.3. The lowest BCUT2D eigenvalue weighted by atomic mass is 10.1. The maximum Gasteiger partial charge on any atom is 0.253 e. The third-order valence-electron chi connectivity index (χ3n) is 5.51. The quantitative estimate of drug-likeness (QED) is 0.530. The molecule has 0 unspecified atom stereocenters. The Morgan fingerprint density at radius 2 is 1.76 bits per heavy atom. The van der Waals surface area contributed by atoms with Gasteiger partial charge in [0, 0.05) is 49.4 Å². The SMILES string of the molecule is CN(Cc1ccc(N2CCOCC2)cc1)C(=O)c1ccc(S(=O)(=O)NCc2cccs2)cc1. The number of thiophene rings is 1. The number of carbonyl (C=O) groups excluding carboxylic acids is 1. The first-order valence-corrected chi connectivity index (χ1v) is 13.1. The number of sulfonamides is 1. The zero-order valence-corrected chi connectivity index (χ0v) is 20.1. The Kier molecular flexibility index (Phi) is 7.44. The minimum absolute atomic E-state index is 0.136. The molecule has 0 bridgehead atoms. The predicted octanol–water partition coefficient (Wildman–Crippen LogP) is 3.34. The average molecular weight is 486 g/mol. The van der Waals surface area contributed by atoms with E-state index >= 15 is 0 Å². The van der Waals surface area contributed by atoms with Crippen LogP contribution in [0.25, 0.3) is 0 Å². The van der Waals surface area contributed by atoms with Gasteiger partial charge in [0.15, 0.2) is 0 Å². The van der Waals surface area contributed by atoms with Crippen LogP contribution < -0.4 is 9.62 Å². The van der Waals surface area contributed by atoms with E-state index in [1.54, 1.807) is 24.1 Å². The van der Waals surface area contributed by atoms with Crippen LogP contribution >= 0.6 is 11.3 Å². The number of morpholine rings is 1. The van der Waals surface area contributed by atoms with Gasteiger partial charge in [-0.25, -0.2) is 13.1 Å². The lowest BCUT2D eigenvalue weighted by Crippen LogP contribution is -2.36. The minimum Gasteiger partial charge on any atom is -0.378 e. The molecule has 2 aromatic carbocycles. The molecule has 9 heteroatoms. The highest BCUT2D eigenvalue weighted by Gasteiger charge is 2.17. The summed E-state index contributed by atoms with van der Waals surface area (Å²) < 4.78 is 33.0. The van der Waals surface area contributed by atoms with Crippen molar-refractivity contribution in [3.8, 4) is 0 Å². The standard InChI is InChI=1S/C24H27N3O4S2/c1-26(18-19-4-8-21(9-5-19)27-12-14-31-15-13-27)24(28)20-6-10-23(11-7-20)33(29,30)25-17-22-3-2-16-32-22/h2-11,16,25H,12-15,17-18H2,1H3. The van der Waals surface area contributed by atoms with Crippen LogP contribution in [0.5, 0.6) is 0 Å². The van der Waals surface area contributed by atoms with E-state index in [1.807, 2.05) is 29.6 Å².